The zero-order valence-corrected chi connectivity index (χ0v) is 13.1. The largest absolute Gasteiger partial charge is 0.493 e. The molecule has 1 aromatic carbocycles. The molecule has 5 nitrogen and oxygen atoms in total. The van der Waals surface area contributed by atoms with Crippen LogP contribution in [0, 0.1) is 0 Å². The Balaban J connectivity index is 2.12. The molecule has 0 fully saturated rings. The van der Waals surface area contributed by atoms with Crippen molar-refractivity contribution in [3.8, 4) is 11.5 Å². The van der Waals surface area contributed by atoms with Gasteiger partial charge in [0.25, 0.3) is 0 Å². The predicted octanol–water partition coefficient (Wildman–Crippen LogP) is 2.20. The molecule has 114 valence electrons. The molecule has 0 unspecified atom stereocenters. The fraction of sp³-hybridized carbons (Fsp3) is 0.400. The van der Waals surface area contributed by atoms with Gasteiger partial charge in [0.1, 0.15) is 5.82 Å². The van der Waals surface area contributed by atoms with Crippen LogP contribution in [-0.2, 0) is 19.9 Å². The number of aryl methyl sites for hydroxylation is 1. The summed E-state index contributed by atoms with van der Waals surface area (Å²) >= 11 is 6.08. The molecule has 0 spiro atoms. The fourth-order valence-corrected chi connectivity index (χ4v) is 2.39. The maximum absolute atomic E-state index is 6.08. The Morgan fingerprint density at radius 1 is 1.33 bits per heavy atom. The van der Waals surface area contributed by atoms with E-state index >= 15 is 0 Å². The van der Waals surface area contributed by atoms with Gasteiger partial charge in [0.15, 0.2) is 11.5 Å². The van der Waals surface area contributed by atoms with Crippen molar-refractivity contribution in [3.63, 3.8) is 0 Å². The van der Waals surface area contributed by atoms with Crippen molar-refractivity contribution in [1.82, 2.24) is 9.55 Å². The number of nitrogens with zero attached hydrogens (tertiary/aromatic N) is 2. The van der Waals surface area contributed by atoms with E-state index in [4.69, 9.17) is 26.8 Å². The standard InChI is InChI=1S/C15H20ClN3O2/c1-19-7-6-18-14(19)4-8-21-15-11(3-5-17)9-12(16)10-13(15)20-2/h6-7,9-10H,3-5,8,17H2,1-2H3. The summed E-state index contributed by atoms with van der Waals surface area (Å²) in [6.45, 7) is 1.04. The Morgan fingerprint density at radius 3 is 2.76 bits per heavy atom. The number of methoxy groups -OCH3 is 1. The third-order valence-electron chi connectivity index (χ3n) is 3.22. The van der Waals surface area contributed by atoms with Gasteiger partial charge in [0.2, 0.25) is 0 Å². The van der Waals surface area contributed by atoms with Crippen molar-refractivity contribution in [3.05, 3.63) is 40.9 Å². The Hall–Kier alpha value is -1.72. The van der Waals surface area contributed by atoms with Crippen molar-refractivity contribution in [1.29, 1.82) is 0 Å². The molecule has 0 aliphatic rings. The van der Waals surface area contributed by atoms with Crippen molar-refractivity contribution in [2.24, 2.45) is 12.8 Å². The number of imidazole rings is 1. The van der Waals surface area contributed by atoms with E-state index in [1.165, 1.54) is 0 Å². The van der Waals surface area contributed by atoms with Crippen LogP contribution in [0.4, 0.5) is 0 Å². The van der Waals surface area contributed by atoms with Gasteiger partial charge in [-0.1, -0.05) is 11.6 Å². The highest BCUT2D eigenvalue weighted by molar-refractivity contribution is 6.30. The maximum Gasteiger partial charge on any atom is 0.164 e. The molecule has 2 aromatic rings. The lowest BCUT2D eigenvalue weighted by molar-refractivity contribution is 0.291. The van der Waals surface area contributed by atoms with E-state index in [0.717, 1.165) is 17.8 Å². The molecule has 2 rings (SSSR count). The number of rotatable bonds is 7. The second kappa shape index (κ2) is 7.33. The number of benzene rings is 1. The molecule has 0 radical (unpaired) electrons. The summed E-state index contributed by atoms with van der Waals surface area (Å²) in [7, 11) is 3.56. The van der Waals surface area contributed by atoms with E-state index in [9.17, 15) is 0 Å². The van der Waals surface area contributed by atoms with E-state index < -0.39 is 0 Å². The number of ether oxygens (including phenoxy) is 2. The van der Waals surface area contributed by atoms with E-state index in [1.54, 1.807) is 19.4 Å². The predicted molar refractivity (Wildman–Crippen MR) is 83.2 cm³/mol. The molecule has 0 bridgehead atoms. The summed E-state index contributed by atoms with van der Waals surface area (Å²) < 4.78 is 13.2. The number of nitrogens with two attached hydrogens (primary N) is 1. The smallest absolute Gasteiger partial charge is 0.164 e. The molecule has 6 heteroatoms. The lowest BCUT2D eigenvalue weighted by atomic mass is 10.1. The number of aromatic nitrogens is 2. The van der Waals surface area contributed by atoms with Crippen LogP contribution in [0.2, 0.25) is 5.02 Å². The van der Waals surface area contributed by atoms with Gasteiger partial charge in [-0.2, -0.15) is 0 Å². The summed E-state index contributed by atoms with van der Waals surface area (Å²) in [6.07, 6.45) is 5.10. The van der Waals surface area contributed by atoms with Crippen molar-refractivity contribution in [2.45, 2.75) is 12.8 Å². The van der Waals surface area contributed by atoms with Crippen LogP contribution >= 0.6 is 11.6 Å². The molecule has 0 aliphatic heterocycles. The first kappa shape index (κ1) is 15.7. The van der Waals surface area contributed by atoms with Gasteiger partial charge < -0.3 is 19.8 Å². The van der Waals surface area contributed by atoms with Gasteiger partial charge in [-0.15, -0.1) is 0 Å². The van der Waals surface area contributed by atoms with Gasteiger partial charge in [0.05, 0.1) is 13.7 Å². The lowest BCUT2D eigenvalue weighted by Crippen LogP contribution is -2.10. The highest BCUT2D eigenvalue weighted by atomic mass is 35.5. The van der Waals surface area contributed by atoms with Gasteiger partial charge in [-0.3, -0.25) is 0 Å². The molecule has 0 saturated heterocycles. The zero-order chi connectivity index (χ0) is 15.2. The molecule has 1 heterocycles. The van der Waals surface area contributed by atoms with Crippen LogP contribution < -0.4 is 15.2 Å². The quantitative estimate of drug-likeness (QED) is 0.852. The van der Waals surface area contributed by atoms with Crippen molar-refractivity contribution < 1.29 is 9.47 Å². The molecule has 0 saturated carbocycles. The Kier molecular flexibility index (Phi) is 5.47. The minimum atomic E-state index is 0.514. The summed E-state index contributed by atoms with van der Waals surface area (Å²) in [6, 6.07) is 3.62. The third-order valence-corrected chi connectivity index (χ3v) is 3.44. The topological polar surface area (TPSA) is 62.3 Å². The zero-order valence-electron chi connectivity index (χ0n) is 12.3. The summed E-state index contributed by atoms with van der Waals surface area (Å²) in [5.41, 5.74) is 6.60. The Labute approximate surface area is 129 Å². The van der Waals surface area contributed by atoms with E-state index in [1.807, 2.05) is 23.9 Å². The van der Waals surface area contributed by atoms with Crippen molar-refractivity contribution in [2.75, 3.05) is 20.3 Å². The summed E-state index contributed by atoms with van der Waals surface area (Å²) in [5, 5.41) is 0.617. The molecular formula is C15H20ClN3O2. The minimum absolute atomic E-state index is 0.514. The van der Waals surface area contributed by atoms with Crippen molar-refractivity contribution >= 4 is 11.6 Å². The van der Waals surface area contributed by atoms with Crippen LogP contribution in [0.5, 0.6) is 11.5 Å². The number of hydrogen-bond acceptors (Lipinski definition) is 4. The Bertz CT molecular complexity index is 599. The van der Waals surface area contributed by atoms with Crippen LogP contribution in [0.3, 0.4) is 0 Å². The second-order valence-corrected chi connectivity index (χ2v) is 5.12. The molecule has 0 amide bonds. The first-order valence-electron chi connectivity index (χ1n) is 6.81. The van der Waals surface area contributed by atoms with E-state index in [-0.39, 0.29) is 0 Å². The van der Waals surface area contributed by atoms with Gasteiger partial charge in [-0.05, 0) is 19.0 Å². The van der Waals surface area contributed by atoms with E-state index in [2.05, 4.69) is 4.98 Å². The number of hydrogen-bond donors (Lipinski definition) is 1. The van der Waals surface area contributed by atoms with Gasteiger partial charge >= 0.3 is 0 Å². The first-order chi connectivity index (χ1) is 10.2. The summed E-state index contributed by atoms with van der Waals surface area (Å²) in [5.74, 6) is 2.32. The summed E-state index contributed by atoms with van der Waals surface area (Å²) in [4.78, 5) is 4.27. The third kappa shape index (κ3) is 3.89. The Morgan fingerprint density at radius 2 is 2.14 bits per heavy atom. The van der Waals surface area contributed by atoms with Gasteiger partial charge in [-0.25, -0.2) is 4.98 Å². The van der Waals surface area contributed by atoms with Crippen LogP contribution in [0.15, 0.2) is 24.5 Å². The molecule has 21 heavy (non-hydrogen) atoms. The molecular weight excluding hydrogens is 290 g/mol. The van der Waals surface area contributed by atoms with Crippen LogP contribution in [0.25, 0.3) is 0 Å². The molecule has 2 N–H and O–H groups in total. The average molecular weight is 310 g/mol. The molecule has 0 atom stereocenters. The van der Waals surface area contributed by atoms with E-state index in [0.29, 0.717) is 36.1 Å². The number of halogens is 1. The highest BCUT2D eigenvalue weighted by Crippen LogP contribution is 2.35. The monoisotopic (exact) mass is 309 g/mol. The average Bonchev–Trinajstić information content (AvgIpc) is 2.86. The van der Waals surface area contributed by atoms with Crippen LogP contribution in [-0.4, -0.2) is 29.8 Å². The second-order valence-electron chi connectivity index (χ2n) is 4.69. The van der Waals surface area contributed by atoms with Crippen LogP contribution in [0.1, 0.15) is 11.4 Å². The molecule has 1 aromatic heterocycles. The fourth-order valence-electron chi connectivity index (χ4n) is 2.16. The minimum Gasteiger partial charge on any atom is -0.493 e. The lowest BCUT2D eigenvalue weighted by Gasteiger charge is -2.15. The highest BCUT2D eigenvalue weighted by Gasteiger charge is 2.13. The molecule has 0 aliphatic carbocycles. The first-order valence-corrected chi connectivity index (χ1v) is 7.19. The normalized spacial score (nSPS) is 10.7. The maximum atomic E-state index is 6.08. The SMILES string of the molecule is COc1cc(Cl)cc(CCN)c1OCCc1nccn1C. The van der Waals surface area contributed by atoms with Gasteiger partial charge in [0, 0.05) is 42.5 Å².